The van der Waals surface area contributed by atoms with Crippen LogP contribution in [0.2, 0.25) is 5.02 Å². The number of carbonyl (C=O) groups excluding carboxylic acids is 2. The van der Waals surface area contributed by atoms with Crippen LogP contribution in [0.15, 0.2) is 24.3 Å². The van der Waals surface area contributed by atoms with Crippen LogP contribution in [0, 0.1) is 0 Å². The van der Waals surface area contributed by atoms with Crippen molar-refractivity contribution in [1.29, 1.82) is 0 Å². The molecule has 3 amide bonds. The molecule has 3 rings (SSSR count). The topological polar surface area (TPSA) is 73.5 Å². The number of halogens is 2. The van der Waals surface area contributed by atoms with Gasteiger partial charge < -0.3 is 20.9 Å². The van der Waals surface area contributed by atoms with Crippen molar-refractivity contribution in [3.63, 3.8) is 0 Å². The lowest BCUT2D eigenvalue weighted by Crippen LogP contribution is -2.50. The molecule has 1 aromatic rings. The molecule has 0 radical (unpaired) electrons. The molecule has 2 aliphatic rings. The second kappa shape index (κ2) is 6.72. The first-order chi connectivity index (χ1) is 11.0. The van der Waals surface area contributed by atoms with Crippen molar-refractivity contribution in [3.8, 4) is 0 Å². The summed E-state index contributed by atoms with van der Waals surface area (Å²) in [7, 11) is 0. The first-order valence-electron chi connectivity index (χ1n) is 7.51. The summed E-state index contributed by atoms with van der Waals surface area (Å²) in [6, 6.07) is 5.75. The van der Waals surface area contributed by atoms with Crippen LogP contribution in [0.1, 0.15) is 6.42 Å². The van der Waals surface area contributed by atoms with Gasteiger partial charge in [-0.25, -0.2) is 9.18 Å². The van der Waals surface area contributed by atoms with Gasteiger partial charge in [-0.3, -0.25) is 4.79 Å². The van der Waals surface area contributed by atoms with Gasteiger partial charge in [-0.15, -0.1) is 0 Å². The number of alkyl halides is 1. The van der Waals surface area contributed by atoms with Gasteiger partial charge in [0.15, 0.2) is 0 Å². The third-order valence-corrected chi connectivity index (χ3v) is 4.38. The van der Waals surface area contributed by atoms with Crippen molar-refractivity contribution in [3.05, 3.63) is 29.3 Å². The Labute approximate surface area is 138 Å². The Morgan fingerprint density at radius 3 is 2.78 bits per heavy atom. The average Bonchev–Trinajstić information content (AvgIpc) is 3.06. The highest BCUT2D eigenvalue weighted by atomic mass is 35.5. The van der Waals surface area contributed by atoms with Gasteiger partial charge in [0.25, 0.3) is 0 Å². The number of anilines is 1. The van der Waals surface area contributed by atoms with Gasteiger partial charge in [-0.2, -0.15) is 0 Å². The number of carbonyl (C=O) groups is 2. The fourth-order valence-electron chi connectivity index (χ4n) is 2.89. The van der Waals surface area contributed by atoms with Crippen molar-refractivity contribution >= 4 is 29.2 Å². The molecular weight excluding hydrogens is 323 g/mol. The molecule has 124 valence electrons. The van der Waals surface area contributed by atoms with Gasteiger partial charge >= 0.3 is 6.03 Å². The van der Waals surface area contributed by atoms with Crippen molar-refractivity contribution < 1.29 is 14.0 Å². The number of benzene rings is 1. The first-order valence-corrected chi connectivity index (χ1v) is 7.89. The number of rotatable bonds is 3. The van der Waals surface area contributed by atoms with Crippen molar-refractivity contribution in [2.24, 2.45) is 0 Å². The number of nitrogens with one attached hydrogen (secondary N) is 3. The normalized spacial score (nSPS) is 27.3. The summed E-state index contributed by atoms with van der Waals surface area (Å²) in [4.78, 5) is 25.6. The predicted octanol–water partition coefficient (Wildman–Crippen LogP) is 1.05. The molecule has 0 aromatic heterocycles. The Bertz CT molecular complexity index is 615. The monoisotopic (exact) mass is 340 g/mol. The molecule has 0 saturated carbocycles. The van der Waals surface area contributed by atoms with Crippen LogP contribution < -0.4 is 20.9 Å². The zero-order chi connectivity index (χ0) is 16.4. The van der Waals surface area contributed by atoms with Crippen LogP contribution in [0.25, 0.3) is 0 Å². The molecule has 0 bridgehead atoms. The van der Waals surface area contributed by atoms with Gasteiger partial charge in [-0.1, -0.05) is 23.7 Å². The Balaban J connectivity index is 1.57. The number of hydrogen-bond donors (Lipinski definition) is 3. The Hall–Kier alpha value is -1.86. The second-order valence-electron chi connectivity index (χ2n) is 5.76. The van der Waals surface area contributed by atoms with Crippen LogP contribution in [0.5, 0.6) is 0 Å². The molecule has 23 heavy (non-hydrogen) atoms. The van der Waals surface area contributed by atoms with Gasteiger partial charge in [0.2, 0.25) is 5.91 Å². The van der Waals surface area contributed by atoms with E-state index in [2.05, 4.69) is 16.0 Å². The molecule has 2 heterocycles. The minimum atomic E-state index is -1.09. The molecule has 8 heteroatoms. The third kappa shape index (κ3) is 3.56. The summed E-state index contributed by atoms with van der Waals surface area (Å²) < 4.78 is 13.5. The first kappa shape index (κ1) is 16.0. The SMILES string of the molecule is O=C(NC1CC(=O)N(c2ccccc2Cl)C1)N[C@H]1CNC[C@H]1F. The largest absolute Gasteiger partial charge is 0.333 e. The molecule has 6 nitrogen and oxygen atoms in total. The summed E-state index contributed by atoms with van der Waals surface area (Å²) in [5.74, 6) is -0.102. The summed E-state index contributed by atoms with van der Waals surface area (Å²) in [6.45, 7) is 0.995. The lowest BCUT2D eigenvalue weighted by Gasteiger charge is -2.19. The van der Waals surface area contributed by atoms with E-state index in [9.17, 15) is 14.0 Å². The Kier molecular flexibility index (Phi) is 4.68. The molecule has 1 unspecified atom stereocenters. The number of amides is 3. The van der Waals surface area contributed by atoms with Crippen molar-refractivity contribution in [2.75, 3.05) is 24.5 Å². The van der Waals surface area contributed by atoms with Gasteiger partial charge in [-0.05, 0) is 12.1 Å². The molecule has 2 saturated heterocycles. The number of nitrogens with zero attached hydrogens (tertiary/aromatic N) is 1. The maximum absolute atomic E-state index is 13.5. The second-order valence-corrected chi connectivity index (χ2v) is 6.16. The van der Waals surface area contributed by atoms with Crippen molar-refractivity contribution in [1.82, 2.24) is 16.0 Å². The van der Waals surface area contributed by atoms with Crippen LogP contribution in [-0.4, -0.2) is 49.8 Å². The minimum Gasteiger partial charge on any atom is -0.333 e. The van der Waals surface area contributed by atoms with E-state index in [1.165, 1.54) is 0 Å². The zero-order valence-electron chi connectivity index (χ0n) is 12.4. The highest BCUT2D eigenvalue weighted by Gasteiger charge is 2.34. The number of para-hydroxylation sites is 1. The summed E-state index contributed by atoms with van der Waals surface area (Å²) in [5.41, 5.74) is 0.632. The maximum atomic E-state index is 13.5. The van der Waals surface area contributed by atoms with E-state index >= 15 is 0 Å². The molecule has 2 fully saturated rings. The Morgan fingerprint density at radius 1 is 1.30 bits per heavy atom. The number of hydrogen-bond acceptors (Lipinski definition) is 3. The Morgan fingerprint density at radius 2 is 2.09 bits per heavy atom. The molecule has 3 atom stereocenters. The standard InChI is InChI=1S/C15H18ClFN4O2/c16-10-3-1-2-4-13(10)21-8-9(5-14(21)22)19-15(23)20-12-7-18-6-11(12)17/h1-4,9,11-12,18H,5-8H2,(H2,19,20,23)/t9?,11-,12+/m1/s1. The van der Waals surface area contributed by atoms with E-state index in [1.807, 2.05) is 0 Å². The fraction of sp³-hybridized carbons (Fsp3) is 0.467. The van der Waals surface area contributed by atoms with Crippen LogP contribution in [-0.2, 0) is 4.79 Å². The molecular formula is C15H18ClFN4O2. The quantitative estimate of drug-likeness (QED) is 0.770. The van der Waals surface area contributed by atoms with Gasteiger partial charge in [0, 0.05) is 26.1 Å². The van der Waals surface area contributed by atoms with E-state index in [0.717, 1.165) is 0 Å². The van der Waals surface area contributed by atoms with E-state index in [-0.39, 0.29) is 24.9 Å². The van der Waals surface area contributed by atoms with E-state index in [0.29, 0.717) is 23.8 Å². The smallest absolute Gasteiger partial charge is 0.315 e. The third-order valence-electron chi connectivity index (χ3n) is 4.06. The number of urea groups is 1. The predicted molar refractivity (Wildman–Crippen MR) is 85.4 cm³/mol. The van der Waals surface area contributed by atoms with Crippen LogP contribution >= 0.6 is 11.6 Å². The molecule has 1 aromatic carbocycles. The zero-order valence-corrected chi connectivity index (χ0v) is 13.1. The lowest BCUT2D eigenvalue weighted by molar-refractivity contribution is -0.117. The molecule has 2 aliphatic heterocycles. The minimum absolute atomic E-state index is 0.102. The van der Waals surface area contributed by atoms with E-state index in [4.69, 9.17) is 11.6 Å². The molecule has 3 N–H and O–H groups in total. The van der Waals surface area contributed by atoms with Gasteiger partial charge in [0.05, 0.1) is 22.8 Å². The van der Waals surface area contributed by atoms with E-state index in [1.54, 1.807) is 29.2 Å². The summed E-state index contributed by atoms with van der Waals surface area (Å²) >= 11 is 6.11. The van der Waals surface area contributed by atoms with E-state index < -0.39 is 18.2 Å². The summed E-state index contributed by atoms with van der Waals surface area (Å²) in [6.07, 6.45) is -0.897. The van der Waals surface area contributed by atoms with Crippen LogP contribution in [0.3, 0.4) is 0 Å². The fourth-order valence-corrected chi connectivity index (χ4v) is 3.13. The summed E-state index contributed by atoms with van der Waals surface area (Å²) in [5, 5.41) is 8.68. The van der Waals surface area contributed by atoms with Gasteiger partial charge in [0.1, 0.15) is 6.17 Å². The molecule has 0 spiro atoms. The maximum Gasteiger partial charge on any atom is 0.315 e. The molecule has 0 aliphatic carbocycles. The van der Waals surface area contributed by atoms with Crippen LogP contribution in [0.4, 0.5) is 14.9 Å². The van der Waals surface area contributed by atoms with Crippen molar-refractivity contribution in [2.45, 2.75) is 24.7 Å². The lowest BCUT2D eigenvalue weighted by atomic mass is 10.2. The highest BCUT2D eigenvalue weighted by Crippen LogP contribution is 2.28. The highest BCUT2D eigenvalue weighted by molar-refractivity contribution is 6.33. The average molecular weight is 341 g/mol.